The van der Waals surface area contributed by atoms with Gasteiger partial charge < -0.3 is 5.32 Å². The summed E-state index contributed by atoms with van der Waals surface area (Å²) in [6.07, 6.45) is 2.90. The molecule has 0 aliphatic rings. The van der Waals surface area contributed by atoms with E-state index in [1.807, 2.05) is 12.3 Å². The van der Waals surface area contributed by atoms with Gasteiger partial charge >= 0.3 is 0 Å². The van der Waals surface area contributed by atoms with Gasteiger partial charge in [-0.05, 0) is 29.3 Å². The summed E-state index contributed by atoms with van der Waals surface area (Å²) in [5.74, 6) is 0.977. The number of anilines is 1. The number of aromatic nitrogens is 1. The van der Waals surface area contributed by atoms with Gasteiger partial charge in [0.25, 0.3) is 0 Å². The summed E-state index contributed by atoms with van der Waals surface area (Å²) in [6.45, 7) is 0.918. The van der Waals surface area contributed by atoms with E-state index in [9.17, 15) is 0 Å². The average Bonchev–Trinajstić information content (AvgIpc) is 2.92. The van der Waals surface area contributed by atoms with Gasteiger partial charge in [-0.3, -0.25) is 0 Å². The first-order valence-corrected chi connectivity index (χ1v) is 6.91. The second kappa shape index (κ2) is 5.19. The van der Waals surface area contributed by atoms with Crippen LogP contribution >= 0.6 is 11.3 Å². The number of benzene rings is 1. The van der Waals surface area contributed by atoms with Crippen LogP contribution < -0.4 is 5.32 Å². The van der Waals surface area contributed by atoms with Gasteiger partial charge in [0.15, 0.2) is 0 Å². The Labute approximate surface area is 110 Å². The maximum Gasteiger partial charge on any atom is 0.133 e. The lowest BCUT2D eigenvalue weighted by molar-refractivity contribution is 1.03. The summed E-state index contributed by atoms with van der Waals surface area (Å²) < 4.78 is 0. The van der Waals surface area contributed by atoms with E-state index in [2.05, 4.69) is 52.1 Å². The van der Waals surface area contributed by atoms with Gasteiger partial charge in [0.2, 0.25) is 0 Å². The van der Waals surface area contributed by atoms with Crippen LogP contribution in [0.5, 0.6) is 0 Å². The van der Waals surface area contributed by atoms with Crippen LogP contribution in [0.3, 0.4) is 0 Å². The largest absolute Gasteiger partial charge is 0.369 e. The van der Waals surface area contributed by atoms with Crippen molar-refractivity contribution in [2.75, 3.05) is 11.9 Å². The molecule has 0 amide bonds. The number of nitrogens with zero attached hydrogens (tertiary/aromatic N) is 1. The van der Waals surface area contributed by atoms with Crippen molar-refractivity contribution in [1.29, 1.82) is 0 Å². The highest BCUT2D eigenvalue weighted by Crippen LogP contribution is 2.20. The molecule has 3 rings (SSSR count). The molecule has 18 heavy (non-hydrogen) atoms. The van der Waals surface area contributed by atoms with Gasteiger partial charge in [-0.15, -0.1) is 11.3 Å². The van der Waals surface area contributed by atoms with Crippen molar-refractivity contribution in [1.82, 2.24) is 4.98 Å². The van der Waals surface area contributed by atoms with E-state index in [4.69, 9.17) is 0 Å². The van der Waals surface area contributed by atoms with Crippen molar-refractivity contribution in [2.45, 2.75) is 6.42 Å². The average molecular weight is 254 g/mol. The summed E-state index contributed by atoms with van der Waals surface area (Å²) >= 11 is 1.80. The minimum Gasteiger partial charge on any atom is -0.369 e. The first kappa shape index (κ1) is 11.2. The highest BCUT2D eigenvalue weighted by Gasteiger charge is 2.01. The molecule has 0 aliphatic heterocycles. The van der Waals surface area contributed by atoms with Crippen LogP contribution in [-0.2, 0) is 6.42 Å². The summed E-state index contributed by atoms with van der Waals surface area (Å²) in [6, 6.07) is 14.6. The van der Waals surface area contributed by atoms with Crippen LogP contribution in [0, 0.1) is 0 Å². The molecule has 1 N–H and O–H groups in total. The second-order valence-corrected chi connectivity index (χ2v) is 5.17. The predicted octanol–water partition coefficient (Wildman–Crippen LogP) is 3.95. The summed E-state index contributed by atoms with van der Waals surface area (Å²) in [5, 5.41) is 7.95. The number of pyridine rings is 1. The third-order valence-electron chi connectivity index (χ3n) is 2.92. The summed E-state index contributed by atoms with van der Waals surface area (Å²) in [4.78, 5) is 5.82. The standard InChI is InChI=1S/C15H14N2S/c1-2-6-14-12(4-1)7-9-16-15(14)17-10-8-13-5-3-11-18-13/h1-7,9,11H,8,10H2,(H,16,17). The Balaban J connectivity index is 1.74. The van der Waals surface area contributed by atoms with E-state index in [0.717, 1.165) is 18.8 Å². The molecule has 0 unspecified atom stereocenters. The quantitative estimate of drug-likeness (QED) is 0.762. The Morgan fingerprint density at radius 2 is 2.00 bits per heavy atom. The maximum atomic E-state index is 4.42. The molecule has 3 heteroatoms. The third kappa shape index (κ3) is 2.36. The molecule has 2 aromatic heterocycles. The molecule has 1 aromatic carbocycles. The number of fused-ring (bicyclic) bond motifs is 1. The van der Waals surface area contributed by atoms with Crippen molar-refractivity contribution in [2.24, 2.45) is 0 Å². The Bertz CT molecular complexity index is 627. The molecule has 0 spiro atoms. The van der Waals surface area contributed by atoms with Crippen molar-refractivity contribution in [3.8, 4) is 0 Å². The van der Waals surface area contributed by atoms with Gasteiger partial charge in [-0.1, -0.05) is 30.3 Å². The van der Waals surface area contributed by atoms with E-state index in [1.54, 1.807) is 11.3 Å². The minimum absolute atomic E-state index is 0.918. The normalized spacial score (nSPS) is 10.7. The Kier molecular flexibility index (Phi) is 3.24. The molecule has 0 atom stereocenters. The smallest absolute Gasteiger partial charge is 0.133 e. The fourth-order valence-corrected chi connectivity index (χ4v) is 2.73. The fourth-order valence-electron chi connectivity index (χ4n) is 2.02. The Morgan fingerprint density at radius 3 is 2.89 bits per heavy atom. The lowest BCUT2D eigenvalue weighted by atomic mass is 10.1. The number of hydrogen-bond acceptors (Lipinski definition) is 3. The topological polar surface area (TPSA) is 24.9 Å². The second-order valence-electron chi connectivity index (χ2n) is 4.14. The molecule has 2 nitrogen and oxygen atoms in total. The monoisotopic (exact) mass is 254 g/mol. The van der Waals surface area contributed by atoms with Crippen molar-refractivity contribution < 1.29 is 0 Å². The van der Waals surface area contributed by atoms with E-state index in [1.165, 1.54) is 15.6 Å². The molecule has 90 valence electrons. The van der Waals surface area contributed by atoms with Crippen LogP contribution in [0.25, 0.3) is 10.8 Å². The molecule has 0 radical (unpaired) electrons. The van der Waals surface area contributed by atoms with Gasteiger partial charge in [-0.25, -0.2) is 4.98 Å². The zero-order chi connectivity index (χ0) is 12.2. The maximum absolute atomic E-state index is 4.42. The SMILES string of the molecule is c1csc(CCNc2nccc3ccccc23)c1. The van der Waals surface area contributed by atoms with Crippen molar-refractivity contribution >= 4 is 27.9 Å². The zero-order valence-electron chi connectivity index (χ0n) is 9.97. The van der Waals surface area contributed by atoms with Crippen LogP contribution in [0.4, 0.5) is 5.82 Å². The van der Waals surface area contributed by atoms with E-state index < -0.39 is 0 Å². The first-order valence-electron chi connectivity index (χ1n) is 6.03. The van der Waals surface area contributed by atoms with Crippen LogP contribution in [0.1, 0.15) is 4.88 Å². The summed E-state index contributed by atoms with van der Waals surface area (Å²) in [5.41, 5.74) is 0. The molecule has 0 saturated carbocycles. The highest BCUT2D eigenvalue weighted by atomic mass is 32.1. The van der Waals surface area contributed by atoms with Crippen molar-refractivity contribution in [3.63, 3.8) is 0 Å². The van der Waals surface area contributed by atoms with Gasteiger partial charge in [-0.2, -0.15) is 0 Å². The summed E-state index contributed by atoms with van der Waals surface area (Å²) in [7, 11) is 0. The number of nitrogens with one attached hydrogen (secondary N) is 1. The molecule has 3 aromatic rings. The molecule has 2 heterocycles. The Morgan fingerprint density at radius 1 is 1.06 bits per heavy atom. The van der Waals surface area contributed by atoms with Gasteiger partial charge in [0.1, 0.15) is 5.82 Å². The molecule has 0 bridgehead atoms. The van der Waals surface area contributed by atoms with E-state index >= 15 is 0 Å². The third-order valence-corrected chi connectivity index (χ3v) is 3.85. The lowest BCUT2D eigenvalue weighted by Gasteiger charge is -2.07. The lowest BCUT2D eigenvalue weighted by Crippen LogP contribution is -2.05. The fraction of sp³-hybridized carbons (Fsp3) is 0.133. The van der Waals surface area contributed by atoms with Gasteiger partial charge in [0, 0.05) is 23.0 Å². The number of rotatable bonds is 4. The van der Waals surface area contributed by atoms with E-state index in [-0.39, 0.29) is 0 Å². The molecule has 0 saturated heterocycles. The van der Waals surface area contributed by atoms with Crippen molar-refractivity contribution in [3.05, 3.63) is 58.9 Å². The van der Waals surface area contributed by atoms with E-state index in [0.29, 0.717) is 0 Å². The molecular weight excluding hydrogens is 240 g/mol. The van der Waals surface area contributed by atoms with Crippen LogP contribution in [-0.4, -0.2) is 11.5 Å². The molecule has 0 fully saturated rings. The number of hydrogen-bond donors (Lipinski definition) is 1. The minimum atomic E-state index is 0.918. The first-order chi connectivity index (χ1) is 8.93. The van der Waals surface area contributed by atoms with Crippen LogP contribution in [0.2, 0.25) is 0 Å². The zero-order valence-corrected chi connectivity index (χ0v) is 10.8. The highest BCUT2D eigenvalue weighted by molar-refractivity contribution is 7.09. The number of thiophene rings is 1. The molecule has 0 aliphatic carbocycles. The Hall–Kier alpha value is -1.87. The van der Waals surface area contributed by atoms with Crippen LogP contribution in [0.15, 0.2) is 54.0 Å². The molecular formula is C15H14N2S. The predicted molar refractivity (Wildman–Crippen MR) is 78.3 cm³/mol. The van der Waals surface area contributed by atoms with Gasteiger partial charge in [0.05, 0.1) is 0 Å².